The molecular formula is C11H13F3N2O4. The van der Waals surface area contributed by atoms with Gasteiger partial charge in [0.1, 0.15) is 11.4 Å². The fourth-order valence-corrected chi connectivity index (χ4v) is 1.32. The summed E-state index contributed by atoms with van der Waals surface area (Å²) in [5.41, 5.74) is -2.42. The summed E-state index contributed by atoms with van der Waals surface area (Å²) in [6.45, 7) is 0.787. The van der Waals surface area contributed by atoms with Crippen molar-refractivity contribution in [2.75, 3.05) is 26.9 Å². The number of hydrogen-bond donors (Lipinski definition) is 1. The number of hydrogen-bond acceptors (Lipinski definition) is 5. The molecule has 6 nitrogen and oxygen atoms in total. The van der Waals surface area contributed by atoms with Crippen LogP contribution in [0, 0.1) is 0 Å². The van der Waals surface area contributed by atoms with Crippen LogP contribution < -0.4 is 0 Å². The largest absolute Gasteiger partial charge is 0.478 e. The minimum atomic E-state index is -4.84. The summed E-state index contributed by atoms with van der Waals surface area (Å²) in [6, 6.07) is 0. The Balaban J connectivity index is 2.77. The first kappa shape index (κ1) is 16.3. The number of halogens is 3. The number of carbonyl (C=O) groups is 1. The minimum absolute atomic E-state index is 0.0483. The Hall–Kier alpha value is -1.74. The highest BCUT2D eigenvalue weighted by molar-refractivity contribution is 5.88. The normalized spacial score (nSPS) is 11.6. The molecule has 0 bridgehead atoms. The Labute approximate surface area is 112 Å². The number of ether oxygens (including phenoxy) is 2. The quantitative estimate of drug-likeness (QED) is 0.765. The van der Waals surface area contributed by atoms with E-state index in [1.165, 1.54) is 7.11 Å². The zero-order valence-electron chi connectivity index (χ0n) is 10.6. The first-order chi connectivity index (χ1) is 9.36. The lowest BCUT2D eigenvalue weighted by Gasteiger charge is -2.10. The van der Waals surface area contributed by atoms with Crippen molar-refractivity contribution in [1.82, 2.24) is 9.97 Å². The van der Waals surface area contributed by atoms with Gasteiger partial charge in [0.25, 0.3) is 0 Å². The van der Waals surface area contributed by atoms with Gasteiger partial charge in [0.2, 0.25) is 0 Å². The van der Waals surface area contributed by atoms with E-state index in [0.717, 1.165) is 0 Å². The maximum Gasteiger partial charge on any atom is 0.434 e. The predicted molar refractivity (Wildman–Crippen MR) is 60.4 cm³/mol. The van der Waals surface area contributed by atoms with Crippen LogP contribution in [0.3, 0.4) is 0 Å². The summed E-state index contributed by atoms with van der Waals surface area (Å²) < 4.78 is 47.8. The lowest BCUT2D eigenvalue weighted by Crippen LogP contribution is -2.18. The molecule has 1 heterocycles. The number of alkyl halides is 3. The van der Waals surface area contributed by atoms with Gasteiger partial charge in [-0.1, -0.05) is 0 Å². The zero-order valence-corrected chi connectivity index (χ0v) is 10.6. The van der Waals surface area contributed by atoms with Crippen molar-refractivity contribution in [1.29, 1.82) is 0 Å². The van der Waals surface area contributed by atoms with Gasteiger partial charge in [-0.05, 0) is 0 Å². The first-order valence-corrected chi connectivity index (χ1v) is 5.59. The number of methoxy groups -OCH3 is 1. The second-order valence-electron chi connectivity index (χ2n) is 3.71. The number of aromatic carboxylic acids is 1. The van der Waals surface area contributed by atoms with Crippen molar-refractivity contribution in [3.8, 4) is 0 Å². The second kappa shape index (κ2) is 7.15. The Bertz CT molecular complexity index is 465. The van der Waals surface area contributed by atoms with Crippen molar-refractivity contribution >= 4 is 5.97 Å². The smallest absolute Gasteiger partial charge is 0.434 e. The third-order valence-electron chi connectivity index (χ3n) is 2.24. The van der Waals surface area contributed by atoms with Crippen molar-refractivity contribution < 1.29 is 32.5 Å². The fourth-order valence-electron chi connectivity index (χ4n) is 1.32. The summed E-state index contributed by atoms with van der Waals surface area (Å²) in [5.74, 6) is -1.85. The molecule has 0 amide bonds. The molecule has 0 unspecified atom stereocenters. The third kappa shape index (κ3) is 4.74. The van der Waals surface area contributed by atoms with Gasteiger partial charge in [0, 0.05) is 19.7 Å². The van der Waals surface area contributed by atoms with Gasteiger partial charge in [-0.2, -0.15) is 13.2 Å². The summed E-state index contributed by atoms with van der Waals surface area (Å²) in [4.78, 5) is 17.5. The van der Waals surface area contributed by atoms with Crippen LogP contribution in [-0.2, 0) is 22.1 Å². The molecule has 1 aromatic rings. The molecule has 1 aromatic heterocycles. The van der Waals surface area contributed by atoms with E-state index in [-0.39, 0.29) is 18.9 Å². The lowest BCUT2D eigenvalue weighted by atomic mass is 10.2. The Kier molecular flexibility index (Phi) is 5.83. The van der Waals surface area contributed by atoms with Gasteiger partial charge in [0.05, 0.1) is 19.8 Å². The molecule has 0 aliphatic heterocycles. The topological polar surface area (TPSA) is 81.5 Å². The van der Waals surface area contributed by atoms with Crippen LogP contribution >= 0.6 is 0 Å². The van der Waals surface area contributed by atoms with E-state index in [2.05, 4.69) is 9.97 Å². The van der Waals surface area contributed by atoms with Gasteiger partial charge in [-0.3, -0.25) is 0 Å². The van der Waals surface area contributed by atoms with E-state index in [1.807, 2.05) is 0 Å². The van der Waals surface area contributed by atoms with Gasteiger partial charge in [-0.25, -0.2) is 14.8 Å². The molecule has 0 atom stereocenters. The van der Waals surface area contributed by atoms with Crippen molar-refractivity contribution in [3.05, 3.63) is 23.3 Å². The maximum absolute atomic E-state index is 12.7. The summed E-state index contributed by atoms with van der Waals surface area (Å²) in [6.07, 6.45) is -4.14. The molecule has 9 heteroatoms. The maximum atomic E-state index is 12.7. The molecule has 0 fully saturated rings. The average Bonchev–Trinajstić information content (AvgIpc) is 2.37. The molecule has 0 spiro atoms. The molecule has 0 aliphatic carbocycles. The molecule has 1 N–H and O–H groups in total. The van der Waals surface area contributed by atoms with E-state index in [4.69, 9.17) is 14.6 Å². The standard InChI is InChI=1S/C11H13F3N2O4/c1-19-4-5-20-3-2-8-15-6-7(10(17)18)9(16-8)11(12,13)14/h6H,2-5H2,1H3,(H,17,18). The van der Waals surface area contributed by atoms with E-state index in [9.17, 15) is 18.0 Å². The van der Waals surface area contributed by atoms with Crippen LogP contribution in [0.5, 0.6) is 0 Å². The second-order valence-corrected chi connectivity index (χ2v) is 3.71. The molecule has 20 heavy (non-hydrogen) atoms. The highest BCUT2D eigenvalue weighted by Crippen LogP contribution is 2.30. The molecule has 0 saturated carbocycles. The summed E-state index contributed by atoms with van der Waals surface area (Å²) in [5, 5.41) is 8.67. The van der Waals surface area contributed by atoms with Crippen LogP contribution in [-0.4, -0.2) is 48.0 Å². The molecule has 0 radical (unpaired) electrons. The highest BCUT2D eigenvalue weighted by atomic mass is 19.4. The van der Waals surface area contributed by atoms with E-state index < -0.39 is 23.4 Å². The van der Waals surface area contributed by atoms with Gasteiger partial charge < -0.3 is 14.6 Å². The third-order valence-corrected chi connectivity index (χ3v) is 2.24. The van der Waals surface area contributed by atoms with Crippen molar-refractivity contribution in [2.24, 2.45) is 0 Å². The Morgan fingerprint density at radius 1 is 1.35 bits per heavy atom. The van der Waals surface area contributed by atoms with Crippen LogP contribution in [0.25, 0.3) is 0 Å². The number of nitrogens with zero attached hydrogens (tertiary/aromatic N) is 2. The zero-order chi connectivity index (χ0) is 15.2. The van der Waals surface area contributed by atoms with Crippen LogP contribution in [0.2, 0.25) is 0 Å². The van der Waals surface area contributed by atoms with Crippen molar-refractivity contribution in [2.45, 2.75) is 12.6 Å². The number of carboxylic acids is 1. The summed E-state index contributed by atoms with van der Waals surface area (Å²) >= 11 is 0. The first-order valence-electron chi connectivity index (χ1n) is 5.59. The van der Waals surface area contributed by atoms with E-state index in [1.54, 1.807) is 0 Å². The molecule has 0 aromatic carbocycles. The average molecular weight is 294 g/mol. The predicted octanol–water partition coefficient (Wildman–Crippen LogP) is 1.40. The Morgan fingerprint density at radius 3 is 2.60 bits per heavy atom. The van der Waals surface area contributed by atoms with Crippen LogP contribution in [0.15, 0.2) is 6.20 Å². The van der Waals surface area contributed by atoms with Gasteiger partial charge in [0.15, 0.2) is 5.69 Å². The number of rotatable bonds is 7. The van der Waals surface area contributed by atoms with Crippen LogP contribution in [0.1, 0.15) is 21.9 Å². The lowest BCUT2D eigenvalue weighted by molar-refractivity contribution is -0.141. The fraction of sp³-hybridized carbons (Fsp3) is 0.545. The van der Waals surface area contributed by atoms with Crippen LogP contribution in [0.4, 0.5) is 13.2 Å². The van der Waals surface area contributed by atoms with Crippen molar-refractivity contribution in [3.63, 3.8) is 0 Å². The molecule has 1 rings (SSSR count). The molecule has 112 valence electrons. The van der Waals surface area contributed by atoms with E-state index >= 15 is 0 Å². The highest BCUT2D eigenvalue weighted by Gasteiger charge is 2.38. The number of aromatic nitrogens is 2. The summed E-state index contributed by atoms with van der Waals surface area (Å²) in [7, 11) is 1.49. The van der Waals surface area contributed by atoms with Gasteiger partial charge >= 0.3 is 12.1 Å². The molecule has 0 saturated heterocycles. The SMILES string of the molecule is COCCOCCc1ncc(C(=O)O)c(C(F)(F)F)n1. The van der Waals surface area contributed by atoms with E-state index in [0.29, 0.717) is 19.4 Å². The number of carboxylic acid groups (broad SMARTS) is 1. The Morgan fingerprint density at radius 2 is 2.05 bits per heavy atom. The minimum Gasteiger partial charge on any atom is -0.478 e. The van der Waals surface area contributed by atoms with Gasteiger partial charge in [-0.15, -0.1) is 0 Å². The monoisotopic (exact) mass is 294 g/mol. The molecule has 0 aliphatic rings. The molecular weight excluding hydrogens is 281 g/mol.